The lowest BCUT2D eigenvalue weighted by Crippen LogP contribution is -2.45. The number of carbonyl (C=O) groups excluding carboxylic acids is 2. The van der Waals surface area contributed by atoms with Gasteiger partial charge in [-0.25, -0.2) is 9.59 Å². The molecule has 1 atom stereocenters. The second-order valence-corrected chi connectivity index (χ2v) is 7.30. The molecule has 2 heterocycles. The number of carbonyl (C=O) groups is 2. The highest BCUT2D eigenvalue weighted by molar-refractivity contribution is 9.10. The van der Waals surface area contributed by atoms with E-state index in [0.717, 1.165) is 15.6 Å². The minimum Gasteiger partial charge on any atom is -0.457 e. The van der Waals surface area contributed by atoms with Crippen molar-refractivity contribution >= 4 is 27.9 Å². The molecule has 0 saturated carbocycles. The largest absolute Gasteiger partial charge is 0.457 e. The number of urea groups is 1. The van der Waals surface area contributed by atoms with Crippen LogP contribution in [0.25, 0.3) is 0 Å². The molecule has 0 bridgehead atoms. The van der Waals surface area contributed by atoms with Crippen LogP contribution in [-0.2, 0) is 16.1 Å². The van der Waals surface area contributed by atoms with Gasteiger partial charge in [0.2, 0.25) is 6.79 Å². The number of rotatable bonds is 4. The third kappa shape index (κ3) is 3.68. The molecule has 2 aromatic carbocycles. The standard InChI is InChI=1S/C20H17BrN2O5/c1-11-17(18(23-20(25)22-11)13-3-2-4-14(21)8-13)19(24)26-9-12-5-6-15-16(7-12)28-10-27-15/h2-8,18H,9-10H2,1H3,(H2,22,23,25). The normalized spacial score (nSPS) is 17.8. The van der Waals surface area contributed by atoms with Crippen molar-refractivity contribution in [1.29, 1.82) is 0 Å². The second-order valence-electron chi connectivity index (χ2n) is 6.39. The van der Waals surface area contributed by atoms with Crippen LogP contribution in [0.1, 0.15) is 24.1 Å². The van der Waals surface area contributed by atoms with Gasteiger partial charge in [0.1, 0.15) is 6.61 Å². The summed E-state index contributed by atoms with van der Waals surface area (Å²) in [6.07, 6.45) is 0. The summed E-state index contributed by atoms with van der Waals surface area (Å²) in [5.74, 6) is 0.790. The average Bonchev–Trinajstić information content (AvgIpc) is 3.13. The van der Waals surface area contributed by atoms with E-state index in [0.29, 0.717) is 22.8 Å². The zero-order valence-corrected chi connectivity index (χ0v) is 16.5. The molecule has 0 spiro atoms. The van der Waals surface area contributed by atoms with Gasteiger partial charge < -0.3 is 24.8 Å². The molecule has 0 aromatic heterocycles. The van der Waals surface area contributed by atoms with Gasteiger partial charge in [0.15, 0.2) is 11.5 Å². The van der Waals surface area contributed by atoms with Crippen molar-refractivity contribution in [2.24, 2.45) is 0 Å². The van der Waals surface area contributed by atoms with E-state index in [-0.39, 0.29) is 19.4 Å². The van der Waals surface area contributed by atoms with Crippen LogP contribution < -0.4 is 20.1 Å². The summed E-state index contributed by atoms with van der Waals surface area (Å²) < 4.78 is 17.0. The van der Waals surface area contributed by atoms with Crippen LogP contribution in [0.2, 0.25) is 0 Å². The maximum absolute atomic E-state index is 12.9. The molecule has 144 valence electrons. The lowest BCUT2D eigenvalue weighted by atomic mass is 9.96. The molecule has 2 aliphatic rings. The predicted octanol–water partition coefficient (Wildman–Crippen LogP) is 3.55. The first kappa shape index (κ1) is 18.4. The van der Waals surface area contributed by atoms with Gasteiger partial charge in [0, 0.05) is 10.2 Å². The van der Waals surface area contributed by atoms with Crippen LogP contribution in [0.5, 0.6) is 11.5 Å². The van der Waals surface area contributed by atoms with Gasteiger partial charge in [-0.05, 0) is 42.3 Å². The Kier molecular flexibility index (Phi) is 4.95. The number of halogens is 1. The molecule has 2 N–H and O–H groups in total. The van der Waals surface area contributed by atoms with Gasteiger partial charge in [-0.3, -0.25) is 0 Å². The van der Waals surface area contributed by atoms with Crippen molar-refractivity contribution in [3.63, 3.8) is 0 Å². The van der Waals surface area contributed by atoms with Crippen molar-refractivity contribution in [1.82, 2.24) is 10.6 Å². The summed E-state index contributed by atoms with van der Waals surface area (Å²) in [4.78, 5) is 24.8. The first-order valence-corrected chi connectivity index (χ1v) is 9.40. The van der Waals surface area contributed by atoms with Crippen LogP contribution in [0.15, 0.2) is 58.2 Å². The van der Waals surface area contributed by atoms with Crippen LogP contribution in [0.4, 0.5) is 4.79 Å². The summed E-state index contributed by atoms with van der Waals surface area (Å²) in [5.41, 5.74) is 2.38. The van der Waals surface area contributed by atoms with Gasteiger partial charge >= 0.3 is 12.0 Å². The number of fused-ring (bicyclic) bond motifs is 1. The fourth-order valence-electron chi connectivity index (χ4n) is 3.16. The summed E-state index contributed by atoms with van der Waals surface area (Å²) >= 11 is 3.42. The molecule has 7 nitrogen and oxygen atoms in total. The SMILES string of the molecule is CC1=C(C(=O)OCc2ccc3c(c2)OCO3)C(c2cccc(Br)c2)NC(=O)N1. The highest BCUT2D eigenvalue weighted by Gasteiger charge is 2.32. The zero-order chi connectivity index (χ0) is 19.7. The number of esters is 1. The Morgan fingerprint density at radius 3 is 2.86 bits per heavy atom. The highest BCUT2D eigenvalue weighted by Crippen LogP contribution is 2.33. The molecule has 2 amide bonds. The third-order valence-electron chi connectivity index (χ3n) is 4.48. The lowest BCUT2D eigenvalue weighted by Gasteiger charge is -2.28. The van der Waals surface area contributed by atoms with Crippen molar-refractivity contribution < 1.29 is 23.8 Å². The molecule has 0 radical (unpaired) electrons. The maximum atomic E-state index is 12.9. The monoisotopic (exact) mass is 444 g/mol. The Bertz CT molecular complexity index is 988. The predicted molar refractivity (Wildman–Crippen MR) is 104 cm³/mol. The molecular formula is C20H17BrN2O5. The molecule has 28 heavy (non-hydrogen) atoms. The summed E-state index contributed by atoms with van der Waals surface area (Å²) in [6.45, 7) is 1.94. The number of amides is 2. The molecule has 0 aliphatic carbocycles. The van der Waals surface area contributed by atoms with E-state index in [9.17, 15) is 9.59 Å². The molecule has 0 fully saturated rings. The second kappa shape index (κ2) is 7.55. The van der Waals surface area contributed by atoms with Crippen molar-refractivity contribution in [2.45, 2.75) is 19.6 Å². The van der Waals surface area contributed by atoms with Crippen LogP contribution in [0.3, 0.4) is 0 Å². The number of nitrogens with one attached hydrogen (secondary N) is 2. The van der Waals surface area contributed by atoms with E-state index >= 15 is 0 Å². The van der Waals surface area contributed by atoms with Crippen LogP contribution in [0, 0.1) is 0 Å². The first-order chi connectivity index (χ1) is 13.5. The summed E-state index contributed by atoms with van der Waals surface area (Å²) in [6, 6.07) is 11.8. The number of allylic oxidation sites excluding steroid dienone is 1. The topological polar surface area (TPSA) is 85.9 Å². The van der Waals surface area contributed by atoms with E-state index in [2.05, 4.69) is 26.6 Å². The van der Waals surface area contributed by atoms with Gasteiger partial charge in [-0.15, -0.1) is 0 Å². The Labute approximate surface area is 169 Å². The number of benzene rings is 2. The quantitative estimate of drug-likeness (QED) is 0.704. The minimum atomic E-state index is -0.601. The van der Waals surface area contributed by atoms with Crippen LogP contribution >= 0.6 is 15.9 Å². The molecule has 0 saturated heterocycles. The first-order valence-electron chi connectivity index (χ1n) is 8.60. The van der Waals surface area contributed by atoms with Gasteiger partial charge in [-0.1, -0.05) is 34.1 Å². The third-order valence-corrected chi connectivity index (χ3v) is 4.97. The number of hydrogen-bond acceptors (Lipinski definition) is 5. The number of hydrogen-bond donors (Lipinski definition) is 2. The van der Waals surface area contributed by atoms with E-state index in [1.165, 1.54) is 0 Å². The Morgan fingerprint density at radius 2 is 2.04 bits per heavy atom. The van der Waals surface area contributed by atoms with Crippen LogP contribution in [-0.4, -0.2) is 18.8 Å². The van der Waals surface area contributed by atoms with E-state index in [1.807, 2.05) is 30.3 Å². The van der Waals surface area contributed by atoms with E-state index < -0.39 is 12.0 Å². The fourth-order valence-corrected chi connectivity index (χ4v) is 3.57. The maximum Gasteiger partial charge on any atom is 0.338 e. The number of ether oxygens (including phenoxy) is 3. The van der Waals surface area contributed by atoms with Crippen molar-refractivity contribution in [3.8, 4) is 11.5 Å². The van der Waals surface area contributed by atoms with Gasteiger partial charge in [0.05, 0.1) is 11.6 Å². The van der Waals surface area contributed by atoms with Crippen molar-refractivity contribution in [2.75, 3.05) is 6.79 Å². The molecule has 8 heteroatoms. The van der Waals surface area contributed by atoms with E-state index in [4.69, 9.17) is 14.2 Å². The Morgan fingerprint density at radius 1 is 1.21 bits per heavy atom. The molecule has 2 aliphatic heterocycles. The lowest BCUT2D eigenvalue weighted by molar-refractivity contribution is -0.140. The van der Waals surface area contributed by atoms with Gasteiger partial charge in [0.25, 0.3) is 0 Å². The Balaban J connectivity index is 1.55. The molecule has 4 rings (SSSR count). The average molecular weight is 445 g/mol. The molecular weight excluding hydrogens is 428 g/mol. The zero-order valence-electron chi connectivity index (χ0n) is 15.0. The van der Waals surface area contributed by atoms with Crippen molar-refractivity contribution in [3.05, 3.63) is 69.3 Å². The summed E-state index contributed by atoms with van der Waals surface area (Å²) in [5, 5.41) is 5.42. The smallest absolute Gasteiger partial charge is 0.338 e. The Hall–Kier alpha value is -3.00. The summed E-state index contributed by atoms with van der Waals surface area (Å²) in [7, 11) is 0. The van der Waals surface area contributed by atoms with E-state index in [1.54, 1.807) is 19.1 Å². The molecule has 2 aromatic rings. The fraction of sp³-hybridized carbons (Fsp3) is 0.200. The highest BCUT2D eigenvalue weighted by atomic mass is 79.9. The molecule has 1 unspecified atom stereocenters. The van der Waals surface area contributed by atoms with Gasteiger partial charge in [-0.2, -0.15) is 0 Å². The minimum absolute atomic E-state index is 0.0748.